The molecule has 3 N–H and O–H groups in total. The summed E-state index contributed by atoms with van der Waals surface area (Å²) in [7, 11) is 0. The van der Waals surface area contributed by atoms with Gasteiger partial charge in [0.05, 0.1) is 6.10 Å². The molecule has 2 unspecified atom stereocenters. The third-order valence-electron chi connectivity index (χ3n) is 3.49. The van der Waals surface area contributed by atoms with Crippen LogP contribution in [0.1, 0.15) is 19.8 Å². The summed E-state index contributed by atoms with van der Waals surface area (Å²) in [4.78, 5) is 14.0. The molecule has 0 radical (unpaired) electrons. The number of carbonyl (C=O) groups excluding carboxylic acids is 1. The summed E-state index contributed by atoms with van der Waals surface area (Å²) in [5.74, 6) is 0. The van der Waals surface area contributed by atoms with Crippen LogP contribution in [-0.4, -0.2) is 42.9 Å². The average Bonchev–Trinajstić information content (AvgIpc) is 2.88. The minimum Gasteiger partial charge on any atom is -0.393 e. The highest BCUT2D eigenvalue weighted by molar-refractivity contribution is 5.74. The Morgan fingerprint density at radius 3 is 2.90 bits per heavy atom. The molecule has 110 valence electrons. The van der Waals surface area contributed by atoms with Crippen LogP contribution >= 0.6 is 0 Å². The van der Waals surface area contributed by atoms with Crippen molar-refractivity contribution in [2.75, 3.05) is 24.5 Å². The fourth-order valence-electron chi connectivity index (χ4n) is 2.38. The molecule has 2 amide bonds. The lowest BCUT2D eigenvalue weighted by molar-refractivity contribution is 0.183. The molecule has 0 saturated carbocycles. The van der Waals surface area contributed by atoms with Crippen LogP contribution in [0.15, 0.2) is 30.3 Å². The smallest absolute Gasteiger partial charge is 0.315 e. The van der Waals surface area contributed by atoms with Crippen LogP contribution in [0.5, 0.6) is 0 Å². The monoisotopic (exact) mass is 277 g/mol. The Hall–Kier alpha value is -1.75. The number of nitrogens with zero attached hydrogens (tertiary/aromatic N) is 1. The predicted octanol–water partition coefficient (Wildman–Crippen LogP) is 1.34. The number of urea groups is 1. The first-order chi connectivity index (χ1) is 9.65. The van der Waals surface area contributed by atoms with Crippen molar-refractivity contribution in [2.45, 2.75) is 31.9 Å². The minimum absolute atomic E-state index is 0.148. The van der Waals surface area contributed by atoms with Gasteiger partial charge in [0.15, 0.2) is 0 Å². The number of anilines is 1. The van der Waals surface area contributed by atoms with Crippen LogP contribution in [0.4, 0.5) is 10.5 Å². The molecular formula is C15H23N3O2. The van der Waals surface area contributed by atoms with Gasteiger partial charge < -0.3 is 20.6 Å². The molecule has 0 aliphatic carbocycles. The van der Waals surface area contributed by atoms with Crippen LogP contribution in [-0.2, 0) is 0 Å². The van der Waals surface area contributed by atoms with E-state index in [2.05, 4.69) is 27.7 Å². The Morgan fingerprint density at radius 2 is 2.20 bits per heavy atom. The number of nitrogens with one attached hydrogen (secondary N) is 2. The Balaban J connectivity index is 1.72. The molecule has 1 fully saturated rings. The maximum Gasteiger partial charge on any atom is 0.315 e. The SMILES string of the molecule is CC(O)CCNC(=O)NC1CCN(c2ccccc2)C1. The first kappa shape index (κ1) is 14.7. The van der Waals surface area contributed by atoms with E-state index in [0.29, 0.717) is 13.0 Å². The van der Waals surface area contributed by atoms with Crippen LogP contribution in [0.2, 0.25) is 0 Å². The molecular weight excluding hydrogens is 254 g/mol. The third-order valence-corrected chi connectivity index (χ3v) is 3.49. The molecule has 20 heavy (non-hydrogen) atoms. The standard InChI is InChI=1S/C15H23N3O2/c1-12(19)7-9-16-15(20)17-13-8-10-18(11-13)14-5-3-2-4-6-14/h2-6,12-13,19H,7-11H2,1H3,(H2,16,17,20). The van der Waals surface area contributed by atoms with Gasteiger partial charge in [-0.3, -0.25) is 0 Å². The van der Waals surface area contributed by atoms with Crippen LogP contribution in [0.3, 0.4) is 0 Å². The highest BCUT2D eigenvalue weighted by atomic mass is 16.3. The number of carbonyl (C=O) groups is 1. The van der Waals surface area contributed by atoms with Crippen molar-refractivity contribution in [2.24, 2.45) is 0 Å². The topological polar surface area (TPSA) is 64.6 Å². The molecule has 0 bridgehead atoms. The quantitative estimate of drug-likeness (QED) is 0.761. The lowest BCUT2D eigenvalue weighted by atomic mass is 10.2. The van der Waals surface area contributed by atoms with Crippen molar-refractivity contribution < 1.29 is 9.90 Å². The molecule has 2 rings (SSSR count). The molecule has 1 aromatic carbocycles. The lowest BCUT2D eigenvalue weighted by Gasteiger charge is -2.19. The second-order valence-electron chi connectivity index (χ2n) is 5.31. The summed E-state index contributed by atoms with van der Waals surface area (Å²) in [5.41, 5.74) is 1.20. The van der Waals surface area contributed by atoms with Gasteiger partial charge >= 0.3 is 6.03 Å². The summed E-state index contributed by atoms with van der Waals surface area (Å²) in [6.07, 6.45) is 1.16. The van der Waals surface area contributed by atoms with E-state index in [-0.39, 0.29) is 18.2 Å². The Kier molecular flexibility index (Phi) is 5.24. The number of hydrogen-bond donors (Lipinski definition) is 3. The van der Waals surface area contributed by atoms with Gasteiger partial charge in [-0.1, -0.05) is 18.2 Å². The largest absolute Gasteiger partial charge is 0.393 e. The number of aliphatic hydroxyl groups is 1. The summed E-state index contributed by atoms with van der Waals surface area (Å²) in [5, 5.41) is 14.9. The van der Waals surface area contributed by atoms with Crippen molar-refractivity contribution in [1.82, 2.24) is 10.6 Å². The number of aliphatic hydroxyl groups excluding tert-OH is 1. The Morgan fingerprint density at radius 1 is 1.45 bits per heavy atom. The molecule has 1 aliphatic rings. The molecule has 1 heterocycles. The minimum atomic E-state index is -0.379. The van der Waals surface area contributed by atoms with Gasteiger partial charge in [-0.15, -0.1) is 0 Å². The van der Waals surface area contributed by atoms with E-state index >= 15 is 0 Å². The average molecular weight is 277 g/mol. The van der Waals surface area contributed by atoms with Crippen LogP contribution in [0.25, 0.3) is 0 Å². The molecule has 5 nitrogen and oxygen atoms in total. The van der Waals surface area contributed by atoms with Crippen molar-refractivity contribution >= 4 is 11.7 Å². The van der Waals surface area contributed by atoms with E-state index in [4.69, 9.17) is 5.11 Å². The number of rotatable bonds is 5. The maximum absolute atomic E-state index is 11.7. The zero-order chi connectivity index (χ0) is 14.4. The molecule has 0 aromatic heterocycles. The lowest BCUT2D eigenvalue weighted by Crippen LogP contribution is -2.44. The molecule has 0 spiro atoms. The van der Waals surface area contributed by atoms with Gasteiger partial charge in [0.25, 0.3) is 0 Å². The summed E-state index contributed by atoms with van der Waals surface area (Å²) < 4.78 is 0. The van der Waals surface area contributed by atoms with E-state index in [9.17, 15) is 4.79 Å². The van der Waals surface area contributed by atoms with Gasteiger partial charge in [0.2, 0.25) is 0 Å². The van der Waals surface area contributed by atoms with Gasteiger partial charge in [-0.2, -0.15) is 0 Å². The van der Waals surface area contributed by atoms with E-state index in [1.807, 2.05) is 18.2 Å². The Labute approximate surface area is 120 Å². The van der Waals surface area contributed by atoms with Crippen LogP contribution < -0.4 is 15.5 Å². The number of amides is 2. The molecule has 1 aliphatic heterocycles. The van der Waals surface area contributed by atoms with Crippen molar-refractivity contribution in [3.8, 4) is 0 Å². The summed E-state index contributed by atoms with van der Waals surface area (Å²) >= 11 is 0. The molecule has 1 aromatic rings. The number of benzene rings is 1. The number of para-hydroxylation sites is 1. The third kappa shape index (κ3) is 4.42. The first-order valence-corrected chi connectivity index (χ1v) is 7.17. The zero-order valence-corrected chi connectivity index (χ0v) is 11.9. The van der Waals surface area contributed by atoms with Crippen molar-refractivity contribution in [3.05, 3.63) is 30.3 Å². The van der Waals surface area contributed by atoms with E-state index in [0.717, 1.165) is 19.5 Å². The highest BCUT2D eigenvalue weighted by Gasteiger charge is 2.23. The maximum atomic E-state index is 11.7. The summed E-state index contributed by atoms with van der Waals surface area (Å²) in [6.45, 7) is 4.02. The van der Waals surface area contributed by atoms with Crippen molar-refractivity contribution in [3.63, 3.8) is 0 Å². The van der Waals surface area contributed by atoms with Crippen molar-refractivity contribution in [1.29, 1.82) is 0 Å². The molecule has 1 saturated heterocycles. The first-order valence-electron chi connectivity index (χ1n) is 7.17. The second-order valence-corrected chi connectivity index (χ2v) is 5.31. The normalized spacial score (nSPS) is 19.7. The van der Waals surface area contributed by atoms with Gasteiger partial charge in [-0.25, -0.2) is 4.79 Å². The van der Waals surface area contributed by atoms with Crippen LogP contribution in [0, 0.1) is 0 Å². The fraction of sp³-hybridized carbons (Fsp3) is 0.533. The summed E-state index contributed by atoms with van der Waals surface area (Å²) in [6, 6.07) is 10.3. The van der Waals surface area contributed by atoms with E-state index < -0.39 is 0 Å². The number of hydrogen-bond acceptors (Lipinski definition) is 3. The zero-order valence-electron chi connectivity index (χ0n) is 11.9. The van der Waals surface area contributed by atoms with E-state index in [1.54, 1.807) is 6.92 Å². The van der Waals surface area contributed by atoms with Gasteiger partial charge in [0, 0.05) is 31.4 Å². The highest BCUT2D eigenvalue weighted by Crippen LogP contribution is 2.19. The van der Waals surface area contributed by atoms with E-state index in [1.165, 1.54) is 5.69 Å². The second kappa shape index (κ2) is 7.14. The molecule has 5 heteroatoms. The molecule has 2 atom stereocenters. The van der Waals surface area contributed by atoms with Gasteiger partial charge in [-0.05, 0) is 31.9 Å². The predicted molar refractivity (Wildman–Crippen MR) is 79.9 cm³/mol. The Bertz CT molecular complexity index is 422. The fourth-order valence-corrected chi connectivity index (χ4v) is 2.38. The van der Waals surface area contributed by atoms with Gasteiger partial charge in [0.1, 0.15) is 0 Å².